The number of halogens is 2. The number of nitro benzene ring substituents is 1. The van der Waals surface area contributed by atoms with Gasteiger partial charge in [0.2, 0.25) is 5.75 Å². The quantitative estimate of drug-likeness (QED) is 0.615. The van der Waals surface area contributed by atoms with E-state index in [-0.39, 0.29) is 22.2 Å². The van der Waals surface area contributed by atoms with Gasteiger partial charge >= 0.3 is 5.69 Å². The van der Waals surface area contributed by atoms with Crippen LogP contribution in [0.15, 0.2) is 36.4 Å². The van der Waals surface area contributed by atoms with Gasteiger partial charge in [-0.2, -0.15) is 0 Å². The first-order chi connectivity index (χ1) is 8.99. The molecule has 0 aliphatic carbocycles. The zero-order chi connectivity index (χ0) is 14.0. The highest BCUT2D eigenvalue weighted by atomic mass is 35.5. The second-order valence-electron chi connectivity index (χ2n) is 3.86. The van der Waals surface area contributed by atoms with Gasteiger partial charge in [-0.3, -0.25) is 10.1 Å². The maximum Gasteiger partial charge on any atom is 0.314 e. The van der Waals surface area contributed by atoms with Gasteiger partial charge in [-0.25, -0.2) is 4.39 Å². The number of nitro groups is 1. The Hall–Kier alpha value is -2.14. The minimum absolute atomic E-state index is 0.0904. The predicted molar refractivity (Wildman–Crippen MR) is 69.3 cm³/mol. The van der Waals surface area contributed by atoms with E-state index in [0.717, 1.165) is 6.07 Å². The second kappa shape index (κ2) is 5.24. The maximum atomic E-state index is 13.0. The molecule has 0 fully saturated rings. The fraction of sp³-hybridized carbons (Fsp3) is 0.0769. The first-order valence-electron chi connectivity index (χ1n) is 5.36. The largest absolute Gasteiger partial charge is 0.450 e. The van der Waals surface area contributed by atoms with Crippen LogP contribution in [0.5, 0.6) is 11.5 Å². The summed E-state index contributed by atoms with van der Waals surface area (Å²) in [6, 6.07) is 8.49. The Morgan fingerprint density at radius 2 is 2.05 bits per heavy atom. The molecule has 0 aliphatic rings. The number of nitrogens with zero attached hydrogens (tertiary/aromatic N) is 1. The smallest absolute Gasteiger partial charge is 0.314 e. The first-order valence-corrected chi connectivity index (χ1v) is 5.73. The van der Waals surface area contributed by atoms with E-state index in [0.29, 0.717) is 5.56 Å². The molecule has 2 aromatic carbocycles. The molecule has 0 amide bonds. The van der Waals surface area contributed by atoms with Crippen molar-refractivity contribution >= 4 is 17.3 Å². The Morgan fingerprint density at radius 1 is 1.32 bits per heavy atom. The van der Waals surface area contributed by atoms with Crippen LogP contribution in [0, 0.1) is 22.9 Å². The summed E-state index contributed by atoms with van der Waals surface area (Å²) in [7, 11) is 0. The number of benzene rings is 2. The molecule has 0 saturated heterocycles. The van der Waals surface area contributed by atoms with Crippen LogP contribution in [-0.2, 0) is 0 Å². The fourth-order valence-corrected chi connectivity index (χ4v) is 1.79. The molecule has 0 unspecified atom stereocenters. The van der Waals surface area contributed by atoms with Gasteiger partial charge in [0.25, 0.3) is 0 Å². The summed E-state index contributed by atoms with van der Waals surface area (Å²) in [4.78, 5) is 10.5. The highest BCUT2D eigenvalue weighted by molar-refractivity contribution is 6.30. The van der Waals surface area contributed by atoms with Crippen molar-refractivity contribution < 1.29 is 14.1 Å². The van der Waals surface area contributed by atoms with Crippen molar-refractivity contribution in [2.24, 2.45) is 0 Å². The lowest BCUT2D eigenvalue weighted by Gasteiger charge is -2.08. The van der Waals surface area contributed by atoms with E-state index in [1.165, 1.54) is 18.2 Å². The Kier molecular flexibility index (Phi) is 3.66. The van der Waals surface area contributed by atoms with Crippen molar-refractivity contribution in [1.29, 1.82) is 0 Å². The summed E-state index contributed by atoms with van der Waals surface area (Å²) < 4.78 is 18.4. The van der Waals surface area contributed by atoms with E-state index in [4.69, 9.17) is 16.3 Å². The van der Waals surface area contributed by atoms with E-state index >= 15 is 0 Å². The van der Waals surface area contributed by atoms with Gasteiger partial charge in [0.1, 0.15) is 11.6 Å². The summed E-state index contributed by atoms with van der Waals surface area (Å²) >= 11 is 5.62. The minimum Gasteiger partial charge on any atom is -0.450 e. The van der Waals surface area contributed by atoms with Gasteiger partial charge in [-0.15, -0.1) is 0 Å². The lowest BCUT2D eigenvalue weighted by atomic mass is 10.2. The molecule has 0 radical (unpaired) electrons. The van der Waals surface area contributed by atoms with E-state index in [1.54, 1.807) is 19.1 Å². The summed E-state index contributed by atoms with van der Waals surface area (Å²) in [6.07, 6.45) is 0. The van der Waals surface area contributed by atoms with Crippen molar-refractivity contribution in [1.82, 2.24) is 0 Å². The average Bonchev–Trinajstić information content (AvgIpc) is 2.33. The Morgan fingerprint density at radius 3 is 2.68 bits per heavy atom. The third-order valence-electron chi connectivity index (χ3n) is 2.50. The zero-order valence-corrected chi connectivity index (χ0v) is 10.6. The SMILES string of the molecule is Cc1cccc(Oc2ccc(F)c(Cl)c2)c1[N+](=O)[O-]. The van der Waals surface area contributed by atoms with Crippen molar-refractivity contribution in [2.75, 3.05) is 0 Å². The van der Waals surface area contributed by atoms with Crippen LogP contribution in [0.1, 0.15) is 5.56 Å². The van der Waals surface area contributed by atoms with E-state index < -0.39 is 10.7 Å². The lowest BCUT2D eigenvalue weighted by Crippen LogP contribution is -1.96. The molecule has 4 nitrogen and oxygen atoms in total. The topological polar surface area (TPSA) is 52.4 Å². The Balaban J connectivity index is 2.40. The van der Waals surface area contributed by atoms with Gasteiger partial charge in [-0.1, -0.05) is 23.7 Å². The van der Waals surface area contributed by atoms with Crippen LogP contribution < -0.4 is 4.74 Å². The molecule has 6 heteroatoms. The number of hydrogen-bond donors (Lipinski definition) is 0. The molecule has 2 rings (SSSR count). The summed E-state index contributed by atoms with van der Waals surface area (Å²) in [5.74, 6) is -0.250. The van der Waals surface area contributed by atoms with Crippen LogP contribution >= 0.6 is 11.6 Å². The van der Waals surface area contributed by atoms with Crippen molar-refractivity contribution in [2.45, 2.75) is 6.92 Å². The third-order valence-corrected chi connectivity index (χ3v) is 2.79. The highest BCUT2D eigenvalue weighted by Gasteiger charge is 2.18. The van der Waals surface area contributed by atoms with E-state index in [1.807, 2.05) is 0 Å². The molecule has 0 N–H and O–H groups in total. The number of rotatable bonds is 3. The molecule has 0 heterocycles. The molecule has 98 valence electrons. The third kappa shape index (κ3) is 2.82. The molecular formula is C13H9ClFNO3. The highest BCUT2D eigenvalue weighted by Crippen LogP contribution is 2.34. The van der Waals surface area contributed by atoms with Gasteiger partial charge in [0, 0.05) is 11.6 Å². The van der Waals surface area contributed by atoms with Crippen LogP contribution in [0.3, 0.4) is 0 Å². The van der Waals surface area contributed by atoms with Crippen LogP contribution in [0.25, 0.3) is 0 Å². The van der Waals surface area contributed by atoms with Gasteiger partial charge in [-0.05, 0) is 25.1 Å². The van der Waals surface area contributed by atoms with Gasteiger partial charge < -0.3 is 4.74 Å². The molecule has 0 spiro atoms. The summed E-state index contributed by atoms with van der Waals surface area (Å²) in [6.45, 7) is 1.61. The zero-order valence-electron chi connectivity index (χ0n) is 9.89. The number of aryl methyl sites for hydroxylation is 1. The molecule has 0 bridgehead atoms. The minimum atomic E-state index is -0.576. The summed E-state index contributed by atoms with van der Waals surface area (Å²) in [5.41, 5.74) is 0.360. The maximum absolute atomic E-state index is 13.0. The molecular weight excluding hydrogens is 273 g/mol. The lowest BCUT2D eigenvalue weighted by molar-refractivity contribution is -0.386. The molecule has 19 heavy (non-hydrogen) atoms. The standard InChI is InChI=1S/C13H9ClFNO3/c1-8-3-2-4-12(13(8)16(17)18)19-9-5-6-11(15)10(14)7-9/h2-7H,1H3. The van der Waals surface area contributed by atoms with Crippen molar-refractivity contribution in [3.8, 4) is 11.5 Å². The molecule has 0 aliphatic heterocycles. The second-order valence-corrected chi connectivity index (χ2v) is 4.26. The number of hydrogen-bond acceptors (Lipinski definition) is 3. The average molecular weight is 282 g/mol. The molecule has 2 aromatic rings. The Labute approximate surface area is 113 Å². The molecule has 0 aromatic heterocycles. The molecule has 0 atom stereocenters. The van der Waals surface area contributed by atoms with E-state index in [9.17, 15) is 14.5 Å². The first kappa shape index (κ1) is 13.3. The van der Waals surface area contributed by atoms with Crippen molar-refractivity contribution in [3.63, 3.8) is 0 Å². The van der Waals surface area contributed by atoms with Crippen LogP contribution in [-0.4, -0.2) is 4.92 Å². The molecule has 0 saturated carbocycles. The number of ether oxygens (including phenoxy) is 1. The van der Waals surface area contributed by atoms with Crippen LogP contribution in [0.2, 0.25) is 5.02 Å². The van der Waals surface area contributed by atoms with E-state index in [2.05, 4.69) is 0 Å². The normalized spacial score (nSPS) is 10.3. The van der Waals surface area contributed by atoms with Gasteiger partial charge in [0.05, 0.1) is 9.95 Å². The Bertz CT molecular complexity index is 646. The monoisotopic (exact) mass is 281 g/mol. The van der Waals surface area contributed by atoms with Crippen molar-refractivity contribution in [3.05, 3.63) is 62.9 Å². The fourth-order valence-electron chi connectivity index (χ4n) is 1.62. The predicted octanol–water partition coefficient (Wildman–Crippen LogP) is 4.49. The van der Waals surface area contributed by atoms with Crippen LogP contribution in [0.4, 0.5) is 10.1 Å². The number of para-hydroxylation sites is 1. The van der Waals surface area contributed by atoms with Gasteiger partial charge in [0.15, 0.2) is 0 Å². The summed E-state index contributed by atoms with van der Waals surface area (Å²) in [5, 5.41) is 10.9.